The number of ketones is 1. The second-order valence-electron chi connectivity index (χ2n) is 3.48. The maximum atomic E-state index is 11.2. The zero-order valence-corrected chi connectivity index (χ0v) is 9.86. The number of rotatable bonds is 7. The van der Waals surface area contributed by atoms with Crippen LogP contribution in [-0.4, -0.2) is 19.0 Å². The van der Waals surface area contributed by atoms with Crippen molar-refractivity contribution >= 4 is 5.78 Å². The van der Waals surface area contributed by atoms with Gasteiger partial charge in [-0.15, -0.1) is 0 Å². The molecule has 0 spiro atoms. The molecule has 0 aliphatic rings. The van der Waals surface area contributed by atoms with E-state index in [-0.39, 0.29) is 12.4 Å². The van der Waals surface area contributed by atoms with Crippen LogP contribution in [0.1, 0.15) is 26.7 Å². The first-order valence-electron chi connectivity index (χ1n) is 5.63. The first kappa shape index (κ1) is 12.6. The van der Waals surface area contributed by atoms with Crippen molar-refractivity contribution in [3.05, 3.63) is 24.3 Å². The Bertz CT molecular complexity index is 316. The minimum absolute atomic E-state index is 0.136. The quantitative estimate of drug-likeness (QED) is 0.711. The van der Waals surface area contributed by atoms with E-state index >= 15 is 0 Å². The normalized spacial score (nSPS) is 9.88. The lowest BCUT2D eigenvalue weighted by Crippen LogP contribution is -2.10. The molecule has 0 saturated carbocycles. The molecule has 3 heteroatoms. The average Bonchev–Trinajstić information content (AvgIpc) is 2.29. The second kappa shape index (κ2) is 6.88. The topological polar surface area (TPSA) is 35.5 Å². The third-order valence-corrected chi connectivity index (χ3v) is 2.06. The van der Waals surface area contributed by atoms with E-state index in [1.807, 2.05) is 38.1 Å². The van der Waals surface area contributed by atoms with E-state index in [0.717, 1.165) is 12.2 Å². The Labute approximate surface area is 96.4 Å². The smallest absolute Gasteiger partial charge is 0.170 e. The summed E-state index contributed by atoms with van der Waals surface area (Å²) in [4.78, 5) is 11.2. The monoisotopic (exact) mass is 222 g/mol. The van der Waals surface area contributed by atoms with Crippen LogP contribution in [0.2, 0.25) is 0 Å². The Kier molecular flexibility index (Phi) is 5.40. The molecule has 3 nitrogen and oxygen atoms in total. The molecule has 0 unspecified atom stereocenters. The standard InChI is InChI=1S/C13H18O3/c1-3-5-11(14)10-16-13-8-6-12(7-9-13)15-4-2/h6-9H,3-5,10H2,1-2H3. The summed E-state index contributed by atoms with van der Waals surface area (Å²) in [6.45, 7) is 4.72. The van der Waals surface area contributed by atoms with Gasteiger partial charge in [-0.25, -0.2) is 0 Å². The van der Waals surface area contributed by atoms with Crippen molar-refractivity contribution in [2.24, 2.45) is 0 Å². The number of Topliss-reactive ketones (excluding diaryl/α,β-unsaturated/α-hetero) is 1. The highest BCUT2D eigenvalue weighted by Crippen LogP contribution is 2.17. The Morgan fingerprint density at radius 2 is 1.62 bits per heavy atom. The van der Waals surface area contributed by atoms with Gasteiger partial charge in [-0.05, 0) is 37.6 Å². The van der Waals surface area contributed by atoms with Gasteiger partial charge in [-0.2, -0.15) is 0 Å². The molecule has 0 saturated heterocycles. The average molecular weight is 222 g/mol. The third kappa shape index (κ3) is 4.34. The summed E-state index contributed by atoms with van der Waals surface area (Å²) < 4.78 is 10.7. The van der Waals surface area contributed by atoms with Crippen LogP contribution >= 0.6 is 0 Å². The van der Waals surface area contributed by atoms with Gasteiger partial charge < -0.3 is 9.47 Å². The highest BCUT2D eigenvalue weighted by molar-refractivity contribution is 5.79. The molecule has 16 heavy (non-hydrogen) atoms. The summed E-state index contributed by atoms with van der Waals surface area (Å²) in [6, 6.07) is 7.29. The van der Waals surface area contributed by atoms with Crippen LogP contribution in [0.15, 0.2) is 24.3 Å². The van der Waals surface area contributed by atoms with Crippen molar-refractivity contribution in [1.29, 1.82) is 0 Å². The molecule has 0 aromatic heterocycles. The minimum Gasteiger partial charge on any atom is -0.494 e. The SMILES string of the molecule is CCCC(=O)COc1ccc(OCC)cc1. The van der Waals surface area contributed by atoms with Crippen molar-refractivity contribution in [3.63, 3.8) is 0 Å². The van der Waals surface area contributed by atoms with E-state index in [1.54, 1.807) is 0 Å². The lowest BCUT2D eigenvalue weighted by Gasteiger charge is -2.06. The van der Waals surface area contributed by atoms with Gasteiger partial charge in [0, 0.05) is 6.42 Å². The molecule has 0 aliphatic heterocycles. The van der Waals surface area contributed by atoms with Crippen molar-refractivity contribution < 1.29 is 14.3 Å². The van der Waals surface area contributed by atoms with E-state index in [4.69, 9.17) is 9.47 Å². The number of hydrogen-bond donors (Lipinski definition) is 0. The molecule has 1 aromatic rings. The second-order valence-corrected chi connectivity index (χ2v) is 3.48. The molecule has 0 fully saturated rings. The maximum absolute atomic E-state index is 11.2. The maximum Gasteiger partial charge on any atom is 0.170 e. The molecule has 0 aliphatic carbocycles. The van der Waals surface area contributed by atoms with Gasteiger partial charge in [-0.3, -0.25) is 4.79 Å². The number of carbonyl (C=O) groups excluding carboxylic acids is 1. The summed E-state index contributed by atoms with van der Waals surface area (Å²) in [5.41, 5.74) is 0. The highest BCUT2D eigenvalue weighted by atomic mass is 16.5. The molecule has 0 N–H and O–H groups in total. The van der Waals surface area contributed by atoms with Gasteiger partial charge in [0.05, 0.1) is 6.61 Å². The van der Waals surface area contributed by atoms with Gasteiger partial charge >= 0.3 is 0 Å². The number of ether oxygens (including phenoxy) is 2. The minimum atomic E-state index is 0.136. The van der Waals surface area contributed by atoms with Crippen LogP contribution < -0.4 is 9.47 Å². The number of benzene rings is 1. The molecule has 88 valence electrons. The van der Waals surface area contributed by atoms with Gasteiger partial charge in [0.2, 0.25) is 0 Å². The van der Waals surface area contributed by atoms with Crippen LogP contribution in [0, 0.1) is 0 Å². The fourth-order valence-corrected chi connectivity index (χ4v) is 1.31. The molecule has 1 aromatic carbocycles. The summed E-state index contributed by atoms with van der Waals surface area (Å²) >= 11 is 0. The van der Waals surface area contributed by atoms with Crippen LogP contribution in [0.4, 0.5) is 0 Å². The van der Waals surface area contributed by atoms with E-state index in [9.17, 15) is 4.79 Å². The largest absolute Gasteiger partial charge is 0.494 e. The first-order valence-corrected chi connectivity index (χ1v) is 5.63. The molecular formula is C13H18O3. The van der Waals surface area contributed by atoms with Crippen molar-refractivity contribution in [2.45, 2.75) is 26.7 Å². The lowest BCUT2D eigenvalue weighted by molar-refractivity contribution is -0.121. The Morgan fingerprint density at radius 1 is 1.06 bits per heavy atom. The zero-order chi connectivity index (χ0) is 11.8. The molecule has 0 heterocycles. The summed E-state index contributed by atoms with van der Waals surface area (Å²) in [6.07, 6.45) is 1.45. The van der Waals surface area contributed by atoms with Crippen molar-refractivity contribution in [2.75, 3.05) is 13.2 Å². The Hall–Kier alpha value is -1.51. The summed E-state index contributed by atoms with van der Waals surface area (Å²) in [7, 11) is 0. The Balaban J connectivity index is 2.40. The summed E-state index contributed by atoms with van der Waals surface area (Å²) in [5.74, 6) is 1.65. The van der Waals surface area contributed by atoms with Crippen LogP contribution in [0.5, 0.6) is 11.5 Å². The molecule has 0 radical (unpaired) electrons. The fourth-order valence-electron chi connectivity index (χ4n) is 1.31. The number of hydrogen-bond acceptors (Lipinski definition) is 3. The van der Waals surface area contributed by atoms with Crippen molar-refractivity contribution in [1.82, 2.24) is 0 Å². The molecule has 0 amide bonds. The van der Waals surface area contributed by atoms with Gasteiger partial charge in [0.25, 0.3) is 0 Å². The predicted molar refractivity (Wildman–Crippen MR) is 63.0 cm³/mol. The first-order chi connectivity index (χ1) is 7.76. The van der Waals surface area contributed by atoms with E-state index < -0.39 is 0 Å². The molecule has 1 rings (SSSR count). The summed E-state index contributed by atoms with van der Waals surface area (Å²) in [5, 5.41) is 0. The molecule has 0 atom stereocenters. The molecule has 0 bridgehead atoms. The number of carbonyl (C=O) groups is 1. The van der Waals surface area contributed by atoms with Crippen LogP contribution in [-0.2, 0) is 4.79 Å². The fraction of sp³-hybridized carbons (Fsp3) is 0.462. The van der Waals surface area contributed by atoms with Gasteiger partial charge in [0.1, 0.15) is 18.1 Å². The Morgan fingerprint density at radius 3 is 2.12 bits per heavy atom. The predicted octanol–water partition coefficient (Wildman–Crippen LogP) is 2.83. The van der Waals surface area contributed by atoms with Gasteiger partial charge in [0.15, 0.2) is 5.78 Å². The lowest BCUT2D eigenvalue weighted by atomic mass is 10.2. The third-order valence-electron chi connectivity index (χ3n) is 2.06. The van der Waals surface area contributed by atoms with Crippen LogP contribution in [0.25, 0.3) is 0 Å². The van der Waals surface area contributed by atoms with E-state index in [1.165, 1.54) is 0 Å². The van der Waals surface area contributed by atoms with Crippen molar-refractivity contribution in [3.8, 4) is 11.5 Å². The van der Waals surface area contributed by atoms with Gasteiger partial charge in [-0.1, -0.05) is 6.92 Å². The zero-order valence-electron chi connectivity index (χ0n) is 9.86. The van der Waals surface area contributed by atoms with E-state index in [2.05, 4.69) is 0 Å². The van der Waals surface area contributed by atoms with E-state index in [0.29, 0.717) is 18.8 Å². The van der Waals surface area contributed by atoms with Crippen LogP contribution in [0.3, 0.4) is 0 Å². The highest BCUT2D eigenvalue weighted by Gasteiger charge is 2.01. The molecular weight excluding hydrogens is 204 g/mol.